The number of ether oxygens (including phenoxy) is 1. The van der Waals surface area contributed by atoms with Gasteiger partial charge in [-0.25, -0.2) is 0 Å². The number of methoxy groups -OCH3 is 1. The van der Waals surface area contributed by atoms with E-state index in [4.69, 9.17) is 10.00 Å². The maximum absolute atomic E-state index is 11.9. The van der Waals surface area contributed by atoms with Crippen molar-refractivity contribution in [3.05, 3.63) is 47.7 Å². The van der Waals surface area contributed by atoms with Gasteiger partial charge in [0.15, 0.2) is 0 Å². The van der Waals surface area contributed by atoms with Crippen molar-refractivity contribution in [2.45, 2.75) is 6.42 Å². The Morgan fingerprint density at radius 3 is 2.73 bits per heavy atom. The molecule has 1 aliphatic heterocycles. The van der Waals surface area contributed by atoms with Crippen molar-refractivity contribution in [3.63, 3.8) is 0 Å². The Kier molecular flexibility index (Phi) is 5.04. The number of hydrazine groups is 1. The average molecular weight is 298 g/mol. The van der Waals surface area contributed by atoms with Gasteiger partial charge in [-0.1, -0.05) is 0 Å². The van der Waals surface area contributed by atoms with Gasteiger partial charge in [-0.2, -0.15) is 5.26 Å². The molecule has 6 heteroatoms. The molecule has 0 saturated heterocycles. The molecule has 0 unspecified atom stereocenters. The lowest BCUT2D eigenvalue weighted by Crippen LogP contribution is -2.37. The summed E-state index contributed by atoms with van der Waals surface area (Å²) in [5.41, 5.74) is 5.45. The molecule has 0 bridgehead atoms. The smallest absolute Gasteiger partial charge is 0.252 e. The summed E-state index contributed by atoms with van der Waals surface area (Å²) in [5.74, 6) is 0.595. The Morgan fingerprint density at radius 1 is 1.41 bits per heavy atom. The Hall–Kier alpha value is -2.94. The van der Waals surface area contributed by atoms with E-state index in [9.17, 15) is 4.79 Å². The minimum Gasteiger partial charge on any atom is -0.497 e. The molecule has 1 aromatic carbocycles. The molecule has 0 radical (unpaired) electrons. The highest BCUT2D eigenvalue weighted by molar-refractivity contribution is 5.98. The van der Waals surface area contributed by atoms with E-state index in [-0.39, 0.29) is 5.91 Å². The summed E-state index contributed by atoms with van der Waals surface area (Å²) in [5, 5.41) is 13.1. The molecular formula is C16H18N4O2. The molecule has 2 N–H and O–H groups in total. The average Bonchev–Trinajstić information content (AvgIpc) is 2.59. The number of likely N-dealkylation sites (N-methyl/N-ethyl adjacent to an activating group) is 1. The Bertz CT molecular complexity index is 641. The first kappa shape index (κ1) is 15.4. The van der Waals surface area contributed by atoms with Gasteiger partial charge in [-0.05, 0) is 35.9 Å². The minimum absolute atomic E-state index is 0.172. The second kappa shape index (κ2) is 7.18. The second-order valence-corrected chi connectivity index (χ2v) is 4.66. The first-order valence-corrected chi connectivity index (χ1v) is 6.88. The van der Waals surface area contributed by atoms with Crippen LogP contribution < -0.4 is 15.5 Å². The number of carbonyl (C=O) groups is 1. The number of amides is 1. The summed E-state index contributed by atoms with van der Waals surface area (Å²) < 4.78 is 5.15. The maximum atomic E-state index is 11.9. The molecule has 114 valence electrons. The van der Waals surface area contributed by atoms with E-state index in [0.717, 1.165) is 17.0 Å². The maximum Gasteiger partial charge on any atom is 0.252 e. The third-order valence-corrected chi connectivity index (χ3v) is 3.21. The lowest BCUT2D eigenvalue weighted by Gasteiger charge is -2.28. The zero-order valence-corrected chi connectivity index (χ0v) is 12.6. The van der Waals surface area contributed by atoms with Crippen LogP contribution in [-0.4, -0.2) is 31.6 Å². The van der Waals surface area contributed by atoms with E-state index in [1.807, 2.05) is 24.3 Å². The molecule has 0 spiro atoms. The quantitative estimate of drug-likeness (QED) is 0.859. The Labute approximate surface area is 129 Å². The van der Waals surface area contributed by atoms with Crippen molar-refractivity contribution < 1.29 is 9.53 Å². The largest absolute Gasteiger partial charge is 0.497 e. The molecule has 22 heavy (non-hydrogen) atoms. The summed E-state index contributed by atoms with van der Waals surface area (Å²) in [4.78, 5) is 11.9. The van der Waals surface area contributed by atoms with Crippen LogP contribution in [0.2, 0.25) is 0 Å². The molecule has 1 aliphatic rings. The molecule has 0 fully saturated rings. The second-order valence-electron chi connectivity index (χ2n) is 4.66. The van der Waals surface area contributed by atoms with Crippen molar-refractivity contribution >= 4 is 11.6 Å². The third-order valence-electron chi connectivity index (χ3n) is 3.21. The van der Waals surface area contributed by atoms with Crippen LogP contribution in [0.15, 0.2) is 42.1 Å². The van der Waals surface area contributed by atoms with Crippen LogP contribution in [0.3, 0.4) is 0 Å². The number of hydrogen-bond acceptors (Lipinski definition) is 5. The first-order valence-electron chi connectivity index (χ1n) is 6.88. The van der Waals surface area contributed by atoms with Gasteiger partial charge < -0.3 is 10.1 Å². The molecule has 0 saturated carbocycles. The lowest BCUT2D eigenvalue weighted by atomic mass is 10.1. The standard InChI is InChI=1S/C16H18N4O2/c1-18-16(21)13-10-15(19-20(11-13)9-3-8-17)12-4-6-14(22-2)7-5-12/h4-7,10-11,19H,3,9H2,1-2H3,(H,18,21). The molecule has 6 nitrogen and oxygen atoms in total. The molecule has 0 atom stereocenters. The highest BCUT2D eigenvalue weighted by Crippen LogP contribution is 2.21. The number of nitriles is 1. The summed E-state index contributed by atoms with van der Waals surface area (Å²) in [6, 6.07) is 9.63. The van der Waals surface area contributed by atoms with Gasteiger partial charge in [-0.15, -0.1) is 0 Å². The van der Waals surface area contributed by atoms with Gasteiger partial charge in [0.2, 0.25) is 0 Å². The fraction of sp³-hybridized carbons (Fsp3) is 0.250. The van der Waals surface area contributed by atoms with Gasteiger partial charge in [-0.3, -0.25) is 15.2 Å². The Morgan fingerprint density at radius 2 is 2.14 bits per heavy atom. The molecule has 0 aromatic heterocycles. The van der Waals surface area contributed by atoms with Crippen LogP contribution in [0.4, 0.5) is 0 Å². The van der Waals surface area contributed by atoms with Gasteiger partial charge in [0, 0.05) is 13.2 Å². The predicted octanol–water partition coefficient (Wildman–Crippen LogP) is 1.40. The molecular weight excluding hydrogens is 280 g/mol. The third kappa shape index (κ3) is 3.58. The normalized spacial score (nSPS) is 13.4. The summed E-state index contributed by atoms with van der Waals surface area (Å²) in [6.07, 6.45) is 3.84. The fourth-order valence-corrected chi connectivity index (χ4v) is 2.06. The van der Waals surface area contributed by atoms with Crippen molar-refractivity contribution in [1.29, 1.82) is 5.26 Å². The Balaban J connectivity index is 2.28. The number of benzene rings is 1. The van der Waals surface area contributed by atoms with E-state index in [1.165, 1.54) is 0 Å². The van der Waals surface area contributed by atoms with E-state index in [0.29, 0.717) is 18.5 Å². The number of rotatable bonds is 5. The van der Waals surface area contributed by atoms with Gasteiger partial charge in [0.05, 0.1) is 37.4 Å². The number of carbonyl (C=O) groups excluding carboxylic acids is 1. The topological polar surface area (TPSA) is 77.4 Å². The van der Waals surface area contributed by atoms with Gasteiger partial charge >= 0.3 is 0 Å². The van der Waals surface area contributed by atoms with Gasteiger partial charge in [0.1, 0.15) is 5.75 Å². The molecule has 1 amide bonds. The van der Waals surface area contributed by atoms with Crippen LogP contribution in [0.1, 0.15) is 12.0 Å². The van der Waals surface area contributed by atoms with Crippen molar-refractivity contribution in [2.75, 3.05) is 20.7 Å². The first-order chi connectivity index (χ1) is 10.7. The predicted molar refractivity (Wildman–Crippen MR) is 83.2 cm³/mol. The number of nitrogens with one attached hydrogen (secondary N) is 2. The monoisotopic (exact) mass is 298 g/mol. The highest BCUT2D eigenvalue weighted by Gasteiger charge is 2.16. The van der Waals surface area contributed by atoms with Crippen molar-refractivity contribution in [2.24, 2.45) is 0 Å². The van der Waals surface area contributed by atoms with E-state index in [2.05, 4.69) is 16.8 Å². The zero-order valence-electron chi connectivity index (χ0n) is 12.6. The lowest BCUT2D eigenvalue weighted by molar-refractivity contribution is -0.116. The summed E-state index contributed by atoms with van der Waals surface area (Å²) in [7, 11) is 3.20. The summed E-state index contributed by atoms with van der Waals surface area (Å²) in [6.45, 7) is 0.491. The molecule has 1 heterocycles. The highest BCUT2D eigenvalue weighted by atomic mass is 16.5. The van der Waals surface area contributed by atoms with E-state index in [1.54, 1.807) is 31.4 Å². The molecule has 0 aliphatic carbocycles. The minimum atomic E-state index is -0.172. The SMILES string of the molecule is CNC(=O)C1=CN(CCC#N)NC(c2ccc(OC)cc2)=C1. The van der Waals surface area contributed by atoms with Crippen molar-refractivity contribution in [3.8, 4) is 11.8 Å². The van der Waals surface area contributed by atoms with E-state index < -0.39 is 0 Å². The number of nitrogens with zero attached hydrogens (tertiary/aromatic N) is 2. The van der Waals surface area contributed by atoms with E-state index >= 15 is 0 Å². The molecule has 2 rings (SSSR count). The van der Waals surface area contributed by atoms with Gasteiger partial charge in [0.25, 0.3) is 5.91 Å². The fourth-order valence-electron chi connectivity index (χ4n) is 2.06. The van der Waals surface area contributed by atoms with Crippen LogP contribution >= 0.6 is 0 Å². The van der Waals surface area contributed by atoms with Crippen LogP contribution in [-0.2, 0) is 4.79 Å². The van der Waals surface area contributed by atoms with Crippen LogP contribution in [0, 0.1) is 11.3 Å². The zero-order chi connectivity index (χ0) is 15.9. The summed E-state index contributed by atoms with van der Waals surface area (Å²) >= 11 is 0. The molecule has 1 aromatic rings. The van der Waals surface area contributed by atoms with Crippen molar-refractivity contribution in [1.82, 2.24) is 15.8 Å². The van der Waals surface area contributed by atoms with Crippen LogP contribution in [0.25, 0.3) is 5.70 Å². The van der Waals surface area contributed by atoms with Crippen LogP contribution in [0.5, 0.6) is 5.75 Å². The number of hydrogen-bond donors (Lipinski definition) is 2.